The van der Waals surface area contributed by atoms with Gasteiger partial charge in [0, 0.05) is 6.42 Å². The summed E-state index contributed by atoms with van der Waals surface area (Å²) in [7, 11) is 0. The second kappa shape index (κ2) is 7.18. The lowest BCUT2D eigenvalue weighted by molar-refractivity contribution is -0.139. The van der Waals surface area contributed by atoms with Crippen LogP contribution in [0.15, 0.2) is 48.5 Å². The smallest absolute Gasteiger partial charge is 0.326 e. The SMILES string of the molecule is N#Cc1cccc(C[C@H](NC(=O)c2ccccc2F)C(=O)O)c1. The molecule has 6 heteroatoms. The van der Waals surface area contributed by atoms with Gasteiger partial charge in [-0.15, -0.1) is 0 Å². The van der Waals surface area contributed by atoms with Crippen LogP contribution in [0.5, 0.6) is 0 Å². The number of nitriles is 1. The number of hydrogen-bond donors (Lipinski definition) is 2. The van der Waals surface area contributed by atoms with Crippen LogP contribution >= 0.6 is 0 Å². The number of carbonyl (C=O) groups is 2. The minimum absolute atomic E-state index is 0.00888. The van der Waals surface area contributed by atoms with Crippen molar-refractivity contribution in [1.29, 1.82) is 5.26 Å². The highest BCUT2D eigenvalue weighted by Gasteiger charge is 2.22. The zero-order chi connectivity index (χ0) is 16.8. The van der Waals surface area contributed by atoms with E-state index < -0.39 is 23.7 Å². The molecule has 2 aromatic carbocycles. The molecule has 0 fully saturated rings. The number of carboxylic acid groups (broad SMARTS) is 1. The summed E-state index contributed by atoms with van der Waals surface area (Å²) in [6.07, 6.45) is -0.00888. The number of carboxylic acids is 1. The van der Waals surface area contributed by atoms with Gasteiger partial charge >= 0.3 is 5.97 Å². The average molecular weight is 312 g/mol. The van der Waals surface area contributed by atoms with E-state index in [4.69, 9.17) is 5.26 Å². The van der Waals surface area contributed by atoms with Crippen molar-refractivity contribution in [3.8, 4) is 6.07 Å². The van der Waals surface area contributed by atoms with Crippen LogP contribution in [0.1, 0.15) is 21.5 Å². The topological polar surface area (TPSA) is 90.2 Å². The third-order valence-corrected chi connectivity index (χ3v) is 3.22. The van der Waals surface area contributed by atoms with E-state index >= 15 is 0 Å². The zero-order valence-corrected chi connectivity index (χ0v) is 12.0. The maximum absolute atomic E-state index is 13.6. The maximum atomic E-state index is 13.6. The molecule has 2 rings (SSSR count). The number of carbonyl (C=O) groups excluding carboxylic acids is 1. The second-order valence-corrected chi connectivity index (χ2v) is 4.86. The molecule has 0 saturated heterocycles. The van der Waals surface area contributed by atoms with Crippen LogP contribution in [0.4, 0.5) is 4.39 Å². The van der Waals surface area contributed by atoms with Gasteiger partial charge < -0.3 is 10.4 Å². The summed E-state index contributed by atoms with van der Waals surface area (Å²) >= 11 is 0. The van der Waals surface area contributed by atoms with Gasteiger partial charge in [-0.1, -0.05) is 24.3 Å². The number of hydrogen-bond acceptors (Lipinski definition) is 3. The van der Waals surface area contributed by atoms with Crippen LogP contribution in [-0.4, -0.2) is 23.0 Å². The Kier molecular flexibility index (Phi) is 5.05. The number of halogens is 1. The van der Waals surface area contributed by atoms with Crippen molar-refractivity contribution in [2.24, 2.45) is 0 Å². The lowest BCUT2D eigenvalue weighted by Gasteiger charge is -2.15. The molecule has 2 N–H and O–H groups in total. The van der Waals surface area contributed by atoms with Gasteiger partial charge in [-0.2, -0.15) is 5.26 Å². The van der Waals surface area contributed by atoms with E-state index in [1.165, 1.54) is 18.2 Å². The molecule has 0 aromatic heterocycles. The van der Waals surface area contributed by atoms with Crippen LogP contribution in [0.2, 0.25) is 0 Å². The molecule has 0 saturated carbocycles. The minimum Gasteiger partial charge on any atom is -0.480 e. The second-order valence-electron chi connectivity index (χ2n) is 4.86. The number of benzene rings is 2. The number of amides is 1. The lowest BCUT2D eigenvalue weighted by atomic mass is 10.0. The molecular formula is C17H13FN2O3. The van der Waals surface area contributed by atoms with Crippen molar-refractivity contribution in [1.82, 2.24) is 5.32 Å². The molecular weight excluding hydrogens is 299 g/mol. The van der Waals surface area contributed by atoms with Crippen molar-refractivity contribution < 1.29 is 19.1 Å². The van der Waals surface area contributed by atoms with E-state index in [2.05, 4.69) is 5.32 Å². The van der Waals surface area contributed by atoms with Gasteiger partial charge in [0.25, 0.3) is 5.91 Å². The molecule has 0 aliphatic carbocycles. The first-order valence-corrected chi connectivity index (χ1v) is 6.78. The Morgan fingerprint density at radius 3 is 2.61 bits per heavy atom. The quantitative estimate of drug-likeness (QED) is 0.885. The Morgan fingerprint density at radius 2 is 1.96 bits per heavy atom. The van der Waals surface area contributed by atoms with E-state index in [9.17, 15) is 19.1 Å². The molecule has 0 spiro atoms. The number of nitrogens with zero attached hydrogens (tertiary/aromatic N) is 1. The summed E-state index contributed by atoms with van der Waals surface area (Å²) < 4.78 is 13.6. The first kappa shape index (κ1) is 16.2. The minimum atomic E-state index is -1.24. The summed E-state index contributed by atoms with van der Waals surface area (Å²) in [6, 6.07) is 12.5. The van der Waals surface area contributed by atoms with Crippen LogP contribution in [-0.2, 0) is 11.2 Å². The predicted molar refractivity (Wildman–Crippen MR) is 80.2 cm³/mol. The highest BCUT2D eigenvalue weighted by atomic mass is 19.1. The molecule has 2 aromatic rings. The third kappa shape index (κ3) is 4.14. The fraction of sp³-hybridized carbons (Fsp3) is 0.118. The first-order valence-electron chi connectivity index (χ1n) is 6.78. The highest BCUT2D eigenvalue weighted by molar-refractivity contribution is 5.96. The number of rotatable bonds is 5. The zero-order valence-electron chi connectivity index (χ0n) is 12.0. The summed E-state index contributed by atoms with van der Waals surface area (Å²) in [5.41, 5.74) is 0.766. The normalized spacial score (nSPS) is 11.3. The van der Waals surface area contributed by atoms with Crippen LogP contribution < -0.4 is 5.32 Å². The largest absolute Gasteiger partial charge is 0.480 e. The van der Waals surface area contributed by atoms with Crippen LogP contribution in [0.25, 0.3) is 0 Å². The van der Waals surface area contributed by atoms with Gasteiger partial charge in [0.1, 0.15) is 11.9 Å². The monoisotopic (exact) mass is 312 g/mol. The number of aliphatic carboxylic acids is 1. The Balaban J connectivity index is 2.16. The summed E-state index contributed by atoms with van der Waals surface area (Å²) in [5, 5.41) is 20.4. The average Bonchev–Trinajstić information content (AvgIpc) is 2.54. The van der Waals surface area contributed by atoms with E-state index in [-0.39, 0.29) is 12.0 Å². The molecule has 0 unspecified atom stereocenters. The van der Waals surface area contributed by atoms with E-state index in [0.29, 0.717) is 11.1 Å². The van der Waals surface area contributed by atoms with E-state index in [0.717, 1.165) is 6.07 Å². The Bertz CT molecular complexity index is 783. The molecule has 116 valence electrons. The van der Waals surface area contributed by atoms with Crippen molar-refractivity contribution in [2.75, 3.05) is 0 Å². The van der Waals surface area contributed by atoms with Crippen molar-refractivity contribution in [3.63, 3.8) is 0 Å². The highest BCUT2D eigenvalue weighted by Crippen LogP contribution is 2.10. The fourth-order valence-electron chi connectivity index (χ4n) is 2.08. The molecule has 1 atom stereocenters. The van der Waals surface area contributed by atoms with Gasteiger partial charge in [-0.25, -0.2) is 9.18 Å². The van der Waals surface area contributed by atoms with Crippen LogP contribution in [0.3, 0.4) is 0 Å². The van der Waals surface area contributed by atoms with Gasteiger partial charge in [0.15, 0.2) is 0 Å². The Hall–Kier alpha value is -3.20. The van der Waals surface area contributed by atoms with Gasteiger partial charge in [-0.3, -0.25) is 4.79 Å². The predicted octanol–water partition coefficient (Wildman–Crippen LogP) is 2.12. The molecule has 0 aliphatic rings. The van der Waals surface area contributed by atoms with Crippen molar-refractivity contribution in [2.45, 2.75) is 12.5 Å². The van der Waals surface area contributed by atoms with E-state index in [1.54, 1.807) is 24.3 Å². The van der Waals surface area contributed by atoms with Crippen molar-refractivity contribution in [3.05, 3.63) is 71.0 Å². The standard InChI is InChI=1S/C17H13FN2O3/c18-14-7-2-1-6-13(14)16(21)20-15(17(22)23)9-11-4-3-5-12(8-11)10-19/h1-8,15H,9H2,(H,20,21)(H,22,23)/t15-/m0/s1. The fourth-order valence-corrected chi connectivity index (χ4v) is 2.08. The van der Waals surface area contributed by atoms with Gasteiger partial charge in [-0.05, 0) is 29.8 Å². The maximum Gasteiger partial charge on any atom is 0.326 e. The molecule has 0 heterocycles. The molecule has 23 heavy (non-hydrogen) atoms. The first-order chi connectivity index (χ1) is 11.0. The van der Waals surface area contributed by atoms with Crippen LogP contribution in [0, 0.1) is 17.1 Å². The summed E-state index contributed by atoms with van der Waals surface area (Å²) in [6.45, 7) is 0. The Labute approximate surface area is 132 Å². The molecule has 5 nitrogen and oxygen atoms in total. The Morgan fingerprint density at radius 1 is 1.22 bits per heavy atom. The van der Waals surface area contributed by atoms with Gasteiger partial charge in [0.05, 0.1) is 17.2 Å². The molecule has 0 aliphatic heterocycles. The molecule has 1 amide bonds. The van der Waals surface area contributed by atoms with E-state index in [1.807, 2.05) is 6.07 Å². The van der Waals surface area contributed by atoms with Gasteiger partial charge in [0.2, 0.25) is 0 Å². The van der Waals surface area contributed by atoms with Crippen molar-refractivity contribution >= 4 is 11.9 Å². The third-order valence-electron chi connectivity index (χ3n) is 3.22. The lowest BCUT2D eigenvalue weighted by Crippen LogP contribution is -2.42. The summed E-state index contributed by atoms with van der Waals surface area (Å²) in [4.78, 5) is 23.4. The molecule has 0 bridgehead atoms. The molecule has 0 radical (unpaired) electrons. The summed E-state index contributed by atoms with van der Waals surface area (Å²) in [5.74, 6) is -2.76. The number of nitrogens with one attached hydrogen (secondary N) is 1.